The minimum Gasteiger partial charge on any atom is -0.490 e. The Morgan fingerprint density at radius 1 is 0.776 bits per heavy atom. The Hall–Kier alpha value is -4.86. The molecule has 1 saturated heterocycles. The molecule has 2 aromatic heterocycles. The van der Waals surface area contributed by atoms with Crippen LogP contribution in [0.15, 0.2) is 114 Å². The van der Waals surface area contributed by atoms with E-state index in [1.54, 1.807) is 0 Å². The van der Waals surface area contributed by atoms with Crippen molar-refractivity contribution in [3.05, 3.63) is 130 Å². The number of nitrogens with zero attached hydrogens (tertiary/aromatic N) is 5. The Bertz CT molecular complexity index is 2250. The Morgan fingerprint density at radius 2 is 1.48 bits per heavy atom. The number of pyridine rings is 1. The smallest absolute Gasteiger partial charge is 0.226 e. The van der Waals surface area contributed by atoms with Gasteiger partial charge in [-0.15, -0.1) is 0 Å². The van der Waals surface area contributed by atoms with Crippen molar-refractivity contribution >= 4 is 32.5 Å². The van der Waals surface area contributed by atoms with Gasteiger partial charge in [0.25, 0.3) is 0 Å². The van der Waals surface area contributed by atoms with Gasteiger partial charge in [0.2, 0.25) is 11.8 Å². The normalized spacial score (nSPS) is 18.0. The average molecular weight is 843 g/mol. The van der Waals surface area contributed by atoms with Crippen molar-refractivity contribution in [3.8, 4) is 28.8 Å². The van der Waals surface area contributed by atoms with Gasteiger partial charge in [-0.05, 0) is 99.4 Å². The summed E-state index contributed by atoms with van der Waals surface area (Å²) < 4.78 is 22.0. The van der Waals surface area contributed by atoms with Crippen molar-refractivity contribution in [1.29, 1.82) is 0 Å². The second kappa shape index (κ2) is 18.8. The fourth-order valence-corrected chi connectivity index (χ4v) is 8.98. The van der Waals surface area contributed by atoms with Gasteiger partial charge >= 0.3 is 0 Å². The van der Waals surface area contributed by atoms with Gasteiger partial charge in [0.15, 0.2) is 0 Å². The number of aromatic nitrogens is 3. The lowest BCUT2D eigenvalue weighted by atomic mass is 9.84. The van der Waals surface area contributed by atoms with Crippen molar-refractivity contribution in [2.45, 2.75) is 84.2 Å². The monoisotopic (exact) mass is 841 g/mol. The third-order valence-electron chi connectivity index (χ3n) is 12.2. The number of aryl methyl sites for hydroxylation is 1. The lowest BCUT2D eigenvalue weighted by molar-refractivity contribution is 0.124. The predicted octanol–water partition coefficient (Wildman–Crippen LogP) is 11.2. The summed E-state index contributed by atoms with van der Waals surface area (Å²) >= 11 is 3.64. The summed E-state index contributed by atoms with van der Waals surface area (Å²) in [6, 6.07) is 37.9. The lowest BCUT2D eigenvalue weighted by Crippen LogP contribution is -2.49. The summed E-state index contributed by atoms with van der Waals surface area (Å²) in [7, 11) is 2.02. The zero-order valence-electron chi connectivity index (χ0n) is 34.2. The molecule has 0 radical (unpaired) electrons. The topological polar surface area (TPSA) is 64.9 Å². The molecule has 3 heterocycles. The van der Waals surface area contributed by atoms with Crippen LogP contribution in [0.4, 0.5) is 5.69 Å². The number of rotatable bonds is 15. The SMILES string of the molecule is Cc1c(Br)cccc1OC1CCC(CCC[C@H](C)N2CCN(c3ccc4c(-c5ccc(OCc6ccccc6)nc5OCc5ccccc5)nn(C)c4c3)CC2)CC1. The van der Waals surface area contributed by atoms with Crippen LogP contribution in [-0.4, -0.2) is 58.0 Å². The highest BCUT2D eigenvalue weighted by Gasteiger charge is 2.26. The maximum Gasteiger partial charge on any atom is 0.226 e. The lowest BCUT2D eigenvalue weighted by Gasteiger charge is -2.39. The fraction of sp³-hybridized carbons (Fsp3) is 0.388. The molecule has 2 fully saturated rings. The number of fused-ring (bicyclic) bond motifs is 1. The molecule has 1 aliphatic carbocycles. The molecule has 0 spiro atoms. The fourth-order valence-electron chi connectivity index (χ4n) is 8.63. The minimum atomic E-state index is 0.346. The summed E-state index contributed by atoms with van der Waals surface area (Å²) in [5.41, 5.74) is 7.38. The van der Waals surface area contributed by atoms with Crippen molar-refractivity contribution in [2.24, 2.45) is 13.0 Å². The van der Waals surface area contributed by atoms with Crippen molar-refractivity contribution in [3.63, 3.8) is 0 Å². The van der Waals surface area contributed by atoms with Crippen LogP contribution in [0.25, 0.3) is 22.2 Å². The summed E-state index contributed by atoms with van der Waals surface area (Å²) in [6.07, 6.45) is 9.15. The second-order valence-corrected chi connectivity index (χ2v) is 17.0. The first-order valence-electron chi connectivity index (χ1n) is 21.1. The molecule has 0 amide bonds. The molecule has 4 aromatic carbocycles. The van der Waals surface area contributed by atoms with Crippen LogP contribution < -0.4 is 19.1 Å². The maximum absolute atomic E-state index is 6.42. The van der Waals surface area contributed by atoms with Crippen LogP contribution in [0.2, 0.25) is 0 Å². The van der Waals surface area contributed by atoms with Crippen molar-refractivity contribution in [2.75, 3.05) is 31.1 Å². The molecule has 8 rings (SSSR count). The number of ether oxygens (including phenoxy) is 3. The summed E-state index contributed by atoms with van der Waals surface area (Å²) in [6.45, 7) is 9.60. The van der Waals surface area contributed by atoms with Crippen LogP contribution in [0.5, 0.6) is 17.5 Å². The molecule has 6 aromatic rings. The van der Waals surface area contributed by atoms with E-state index in [0.29, 0.717) is 37.1 Å². The highest BCUT2D eigenvalue weighted by Crippen LogP contribution is 2.37. The molecule has 8 nitrogen and oxygen atoms in total. The molecule has 58 heavy (non-hydrogen) atoms. The molecule has 0 unspecified atom stereocenters. The second-order valence-electron chi connectivity index (χ2n) is 16.2. The van der Waals surface area contributed by atoms with E-state index in [1.165, 1.54) is 56.2 Å². The van der Waals surface area contributed by atoms with E-state index < -0.39 is 0 Å². The molecule has 0 N–H and O–H groups in total. The molecule has 9 heteroatoms. The Balaban J connectivity index is 0.857. The Morgan fingerprint density at radius 3 is 2.21 bits per heavy atom. The van der Waals surface area contributed by atoms with Gasteiger partial charge < -0.3 is 19.1 Å². The number of hydrogen-bond acceptors (Lipinski definition) is 7. The quantitative estimate of drug-likeness (QED) is 0.102. The molecule has 1 atom stereocenters. The van der Waals surface area contributed by atoms with Crippen LogP contribution in [0.3, 0.4) is 0 Å². The summed E-state index contributed by atoms with van der Waals surface area (Å²) in [4.78, 5) is 10.1. The van der Waals surface area contributed by atoms with E-state index in [2.05, 4.69) is 88.1 Å². The van der Waals surface area contributed by atoms with Crippen LogP contribution in [0, 0.1) is 12.8 Å². The highest BCUT2D eigenvalue weighted by atomic mass is 79.9. The Labute approximate surface area is 352 Å². The van der Waals surface area contributed by atoms with Crippen molar-refractivity contribution < 1.29 is 14.2 Å². The first kappa shape index (κ1) is 39.9. The number of anilines is 1. The van der Waals surface area contributed by atoms with Gasteiger partial charge in [0, 0.05) is 66.4 Å². The van der Waals surface area contributed by atoms with Crippen LogP contribution in [-0.2, 0) is 20.3 Å². The van der Waals surface area contributed by atoms with Gasteiger partial charge in [0.1, 0.15) is 24.7 Å². The average Bonchev–Trinajstić information content (AvgIpc) is 3.60. The van der Waals surface area contributed by atoms with E-state index in [4.69, 9.17) is 24.3 Å². The van der Waals surface area contributed by atoms with Crippen LogP contribution >= 0.6 is 15.9 Å². The molecular weight excluding hydrogens is 786 g/mol. The minimum absolute atomic E-state index is 0.346. The van der Waals surface area contributed by atoms with Gasteiger partial charge in [-0.3, -0.25) is 9.58 Å². The predicted molar refractivity (Wildman–Crippen MR) is 238 cm³/mol. The molecule has 302 valence electrons. The van der Waals surface area contributed by atoms with E-state index in [1.807, 2.05) is 72.4 Å². The van der Waals surface area contributed by atoms with E-state index in [9.17, 15) is 0 Å². The standard InChI is InChI=1S/C49H56BrN5O3/c1-35(12-10-17-37-20-23-41(24-21-37)58-46-19-11-18-44(50)36(46)2)54-28-30-55(31-29-54)40-22-25-42-45(32-40)53(3)52-48(42)43-26-27-47(56-33-38-13-6-4-7-14-38)51-49(43)57-34-39-15-8-5-9-16-39/h4-9,11,13-16,18-19,22,25-27,32,35,37,41H,10,12,17,20-21,23-24,28-31,33-34H2,1-3H3/t35-,37?,41?/m0/s1. The van der Waals surface area contributed by atoms with Crippen LogP contribution in [0.1, 0.15) is 68.6 Å². The molecule has 1 aliphatic heterocycles. The van der Waals surface area contributed by atoms with E-state index >= 15 is 0 Å². The largest absolute Gasteiger partial charge is 0.490 e. The van der Waals surface area contributed by atoms with Gasteiger partial charge in [-0.25, -0.2) is 0 Å². The van der Waals surface area contributed by atoms with Crippen molar-refractivity contribution in [1.82, 2.24) is 19.7 Å². The van der Waals surface area contributed by atoms with E-state index in [-0.39, 0.29) is 0 Å². The first-order chi connectivity index (χ1) is 28.4. The van der Waals surface area contributed by atoms with Gasteiger partial charge in [-0.2, -0.15) is 10.1 Å². The van der Waals surface area contributed by atoms with Gasteiger partial charge in [-0.1, -0.05) is 95.5 Å². The number of piperazine rings is 1. The highest BCUT2D eigenvalue weighted by molar-refractivity contribution is 9.10. The van der Waals surface area contributed by atoms with E-state index in [0.717, 1.165) is 75.6 Å². The zero-order valence-corrected chi connectivity index (χ0v) is 35.7. The molecule has 0 bridgehead atoms. The first-order valence-corrected chi connectivity index (χ1v) is 21.9. The van der Waals surface area contributed by atoms with Gasteiger partial charge in [0.05, 0.1) is 17.2 Å². The number of hydrogen-bond donors (Lipinski definition) is 0. The number of halogens is 1. The molecule has 1 saturated carbocycles. The summed E-state index contributed by atoms with van der Waals surface area (Å²) in [5.74, 6) is 2.88. The third kappa shape index (κ3) is 9.70. The number of benzene rings is 4. The maximum atomic E-state index is 6.42. The summed E-state index contributed by atoms with van der Waals surface area (Å²) in [5, 5.41) is 6.10. The Kier molecular flexibility index (Phi) is 13.0. The molecular formula is C49H56BrN5O3. The third-order valence-corrected chi connectivity index (χ3v) is 13.1. The molecule has 2 aliphatic rings. The zero-order chi connectivity index (χ0) is 39.8.